The summed E-state index contributed by atoms with van der Waals surface area (Å²) in [6.07, 6.45) is -4.16. The van der Waals surface area contributed by atoms with E-state index >= 15 is 0 Å². The minimum absolute atomic E-state index is 0.158. The average Bonchev–Trinajstić information content (AvgIpc) is 2.41. The highest BCUT2D eigenvalue weighted by molar-refractivity contribution is 5.92. The minimum Gasteiger partial charge on any atom is -0.366 e. The van der Waals surface area contributed by atoms with Crippen LogP contribution >= 0.6 is 0 Å². The average molecular weight is 315 g/mol. The van der Waals surface area contributed by atoms with Crippen LogP contribution in [-0.4, -0.2) is 54.1 Å². The molecule has 1 amide bonds. The van der Waals surface area contributed by atoms with Gasteiger partial charge in [-0.1, -0.05) is 12.1 Å². The summed E-state index contributed by atoms with van der Waals surface area (Å²) in [6, 6.07) is 6.87. The molecule has 22 heavy (non-hydrogen) atoms. The van der Waals surface area contributed by atoms with E-state index in [0.29, 0.717) is 31.7 Å². The lowest BCUT2D eigenvalue weighted by Crippen LogP contribution is -2.53. The molecule has 4 nitrogen and oxygen atoms in total. The summed E-state index contributed by atoms with van der Waals surface area (Å²) in [6.45, 7) is 3.07. The molecule has 7 heteroatoms. The molecule has 0 aliphatic carbocycles. The molecule has 0 saturated carbocycles. The zero-order valence-corrected chi connectivity index (χ0v) is 12.4. The second-order valence-electron chi connectivity index (χ2n) is 5.73. The van der Waals surface area contributed by atoms with Gasteiger partial charge in [-0.25, -0.2) is 0 Å². The Morgan fingerprint density at radius 3 is 2.68 bits per heavy atom. The smallest absolute Gasteiger partial charge is 0.366 e. The molecule has 0 unspecified atom stereocenters. The van der Waals surface area contributed by atoms with Crippen LogP contribution in [0.4, 0.5) is 13.2 Å². The Morgan fingerprint density at radius 1 is 1.36 bits per heavy atom. The summed E-state index contributed by atoms with van der Waals surface area (Å²) in [5.41, 5.74) is 6.63. The maximum Gasteiger partial charge on any atom is 0.401 e. The SMILES string of the molecule is C[C@@H]1CN(Cc2cccc(C(N)=O)c2)CCN1CC(F)(F)F. The fraction of sp³-hybridized carbons (Fsp3) is 0.533. The van der Waals surface area contributed by atoms with Gasteiger partial charge in [0.25, 0.3) is 0 Å². The van der Waals surface area contributed by atoms with Crippen molar-refractivity contribution < 1.29 is 18.0 Å². The third kappa shape index (κ3) is 4.71. The Labute approximate surface area is 127 Å². The Kier molecular flexibility index (Phi) is 5.08. The molecule has 1 fully saturated rings. The van der Waals surface area contributed by atoms with Gasteiger partial charge in [-0.3, -0.25) is 14.6 Å². The van der Waals surface area contributed by atoms with Crippen molar-refractivity contribution in [3.05, 3.63) is 35.4 Å². The molecule has 0 radical (unpaired) electrons. The predicted molar refractivity (Wildman–Crippen MR) is 77.3 cm³/mol. The van der Waals surface area contributed by atoms with Gasteiger partial charge in [0.05, 0.1) is 6.54 Å². The van der Waals surface area contributed by atoms with Crippen LogP contribution in [0.5, 0.6) is 0 Å². The number of carbonyl (C=O) groups is 1. The van der Waals surface area contributed by atoms with E-state index in [2.05, 4.69) is 4.90 Å². The zero-order valence-electron chi connectivity index (χ0n) is 12.4. The summed E-state index contributed by atoms with van der Waals surface area (Å²) >= 11 is 0. The topological polar surface area (TPSA) is 49.6 Å². The molecule has 1 aromatic carbocycles. The van der Waals surface area contributed by atoms with Crippen LogP contribution in [0.15, 0.2) is 24.3 Å². The molecule has 2 rings (SSSR count). The van der Waals surface area contributed by atoms with E-state index < -0.39 is 18.6 Å². The van der Waals surface area contributed by atoms with Crippen molar-refractivity contribution in [2.45, 2.75) is 25.7 Å². The molecule has 0 spiro atoms. The number of rotatable bonds is 4. The molecule has 1 aliphatic heterocycles. The number of nitrogens with zero attached hydrogens (tertiary/aromatic N) is 2. The number of piperazine rings is 1. The first-order chi connectivity index (χ1) is 10.2. The maximum atomic E-state index is 12.5. The molecule has 0 bridgehead atoms. The number of carbonyl (C=O) groups excluding carboxylic acids is 1. The van der Waals surface area contributed by atoms with Crippen molar-refractivity contribution in [1.82, 2.24) is 9.80 Å². The number of alkyl halides is 3. The number of benzene rings is 1. The van der Waals surface area contributed by atoms with Gasteiger partial charge in [-0.2, -0.15) is 13.2 Å². The third-order valence-corrected chi connectivity index (χ3v) is 3.85. The van der Waals surface area contributed by atoms with Gasteiger partial charge >= 0.3 is 6.18 Å². The number of primary amides is 1. The molecule has 1 saturated heterocycles. The van der Waals surface area contributed by atoms with Crippen molar-refractivity contribution in [3.8, 4) is 0 Å². The van der Waals surface area contributed by atoms with Crippen LogP contribution in [0, 0.1) is 0 Å². The maximum absolute atomic E-state index is 12.5. The second-order valence-corrected chi connectivity index (χ2v) is 5.73. The highest BCUT2D eigenvalue weighted by Crippen LogP contribution is 2.21. The van der Waals surface area contributed by atoms with Gasteiger partial charge in [-0.05, 0) is 24.6 Å². The highest BCUT2D eigenvalue weighted by Gasteiger charge is 2.34. The van der Waals surface area contributed by atoms with Crippen molar-refractivity contribution in [2.24, 2.45) is 5.73 Å². The van der Waals surface area contributed by atoms with Crippen molar-refractivity contribution in [2.75, 3.05) is 26.2 Å². The largest absolute Gasteiger partial charge is 0.401 e. The van der Waals surface area contributed by atoms with Crippen molar-refractivity contribution in [1.29, 1.82) is 0 Å². The third-order valence-electron chi connectivity index (χ3n) is 3.85. The Balaban J connectivity index is 1.94. The molecule has 2 N–H and O–H groups in total. The number of amides is 1. The van der Waals surface area contributed by atoms with Gasteiger partial charge < -0.3 is 5.73 Å². The quantitative estimate of drug-likeness (QED) is 0.922. The highest BCUT2D eigenvalue weighted by atomic mass is 19.4. The van der Waals surface area contributed by atoms with Gasteiger partial charge in [0.2, 0.25) is 5.91 Å². The van der Waals surface area contributed by atoms with Crippen LogP contribution in [-0.2, 0) is 6.54 Å². The van der Waals surface area contributed by atoms with Gasteiger partial charge in [0, 0.05) is 37.8 Å². The van der Waals surface area contributed by atoms with Crippen LogP contribution < -0.4 is 5.73 Å². The molecule has 122 valence electrons. The number of halogens is 3. The molecular weight excluding hydrogens is 295 g/mol. The molecule has 1 atom stereocenters. The Morgan fingerprint density at radius 2 is 2.09 bits per heavy atom. The van der Waals surface area contributed by atoms with Crippen LogP contribution in [0.3, 0.4) is 0 Å². The predicted octanol–water partition coefficient (Wildman–Crippen LogP) is 1.85. The van der Waals surface area contributed by atoms with E-state index in [1.807, 2.05) is 6.07 Å². The summed E-state index contributed by atoms with van der Waals surface area (Å²) in [7, 11) is 0. The van der Waals surface area contributed by atoms with E-state index in [-0.39, 0.29) is 6.04 Å². The zero-order chi connectivity index (χ0) is 16.3. The summed E-state index contributed by atoms with van der Waals surface area (Å²) in [5.74, 6) is -0.481. The normalized spacial score (nSPS) is 21.0. The lowest BCUT2D eigenvalue weighted by atomic mass is 10.1. The molecule has 1 aromatic rings. The van der Waals surface area contributed by atoms with Gasteiger partial charge in [-0.15, -0.1) is 0 Å². The lowest BCUT2D eigenvalue weighted by Gasteiger charge is -2.40. The molecule has 1 heterocycles. The van der Waals surface area contributed by atoms with Crippen molar-refractivity contribution >= 4 is 5.91 Å². The van der Waals surface area contributed by atoms with E-state index in [9.17, 15) is 18.0 Å². The first kappa shape index (κ1) is 16.8. The first-order valence-electron chi connectivity index (χ1n) is 7.16. The Bertz CT molecular complexity index is 533. The summed E-state index contributed by atoms with van der Waals surface area (Å²) in [5, 5.41) is 0. The van der Waals surface area contributed by atoms with Crippen LogP contribution in [0.25, 0.3) is 0 Å². The second kappa shape index (κ2) is 6.66. The minimum atomic E-state index is -4.16. The first-order valence-corrected chi connectivity index (χ1v) is 7.16. The van der Waals surface area contributed by atoms with Crippen LogP contribution in [0.2, 0.25) is 0 Å². The summed E-state index contributed by atoms with van der Waals surface area (Å²) < 4.78 is 37.4. The standard InChI is InChI=1S/C15H20F3N3O/c1-11-8-20(5-6-21(11)10-15(16,17)18)9-12-3-2-4-13(7-12)14(19)22/h2-4,7,11H,5-6,8-10H2,1H3,(H2,19,22)/t11-/m1/s1. The van der Waals surface area contributed by atoms with Gasteiger partial charge in [0.1, 0.15) is 0 Å². The fourth-order valence-corrected chi connectivity index (χ4v) is 2.76. The fourth-order valence-electron chi connectivity index (χ4n) is 2.76. The number of hydrogen-bond donors (Lipinski definition) is 1. The number of nitrogens with two attached hydrogens (primary N) is 1. The molecule has 0 aromatic heterocycles. The van der Waals surface area contributed by atoms with Gasteiger partial charge in [0.15, 0.2) is 0 Å². The van der Waals surface area contributed by atoms with E-state index in [1.165, 1.54) is 4.90 Å². The molecule has 1 aliphatic rings. The Hall–Kier alpha value is -1.60. The lowest BCUT2D eigenvalue weighted by molar-refractivity contribution is -0.155. The monoisotopic (exact) mass is 315 g/mol. The molecular formula is C15H20F3N3O. The van der Waals surface area contributed by atoms with E-state index in [0.717, 1.165) is 5.56 Å². The van der Waals surface area contributed by atoms with E-state index in [1.54, 1.807) is 25.1 Å². The van der Waals surface area contributed by atoms with E-state index in [4.69, 9.17) is 5.73 Å². The van der Waals surface area contributed by atoms with Crippen LogP contribution in [0.1, 0.15) is 22.8 Å². The number of hydrogen-bond acceptors (Lipinski definition) is 3. The van der Waals surface area contributed by atoms with Crippen molar-refractivity contribution in [3.63, 3.8) is 0 Å². The summed E-state index contributed by atoms with van der Waals surface area (Å²) in [4.78, 5) is 14.7.